The van der Waals surface area contributed by atoms with E-state index in [-0.39, 0.29) is 29.2 Å². The molecule has 7 nitrogen and oxygen atoms in total. The van der Waals surface area contributed by atoms with Gasteiger partial charge in [0.25, 0.3) is 5.91 Å². The molecule has 0 radical (unpaired) electrons. The summed E-state index contributed by atoms with van der Waals surface area (Å²) in [6.07, 6.45) is 3.02. The van der Waals surface area contributed by atoms with Gasteiger partial charge < -0.3 is 10.1 Å². The Morgan fingerprint density at radius 2 is 1.67 bits per heavy atom. The molecule has 33 heavy (non-hydrogen) atoms. The lowest BCUT2D eigenvalue weighted by Gasteiger charge is -2.19. The molecule has 1 heterocycles. The van der Waals surface area contributed by atoms with Crippen LogP contribution in [0.1, 0.15) is 29.6 Å². The number of fused-ring (bicyclic) bond motifs is 5. The van der Waals surface area contributed by atoms with Crippen LogP contribution in [0, 0.1) is 23.7 Å². The lowest BCUT2D eigenvalue weighted by atomic mass is 9.81. The number of nitrogens with one attached hydrogen (secondary N) is 1. The lowest BCUT2D eigenvalue weighted by Crippen LogP contribution is -2.32. The summed E-state index contributed by atoms with van der Waals surface area (Å²) in [6, 6.07) is 11.1. The number of rotatable bonds is 5. The van der Waals surface area contributed by atoms with E-state index in [1.807, 2.05) is 0 Å². The molecule has 2 bridgehead atoms. The van der Waals surface area contributed by atoms with Gasteiger partial charge in [-0.05, 0) is 73.6 Å². The fraction of sp³-hybridized carbons (Fsp3) is 0.333. The average molecular weight is 532 g/mol. The molecule has 1 saturated heterocycles. The van der Waals surface area contributed by atoms with Crippen LogP contribution in [0.3, 0.4) is 0 Å². The second-order valence-corrected chi connectivity index (χ2v) is 10.0. The van der Waals surface area contributed by atoms with E-state index in [4.69, 9.17) is 16.3 Å². The smallest absolute Gasteiger partial charge is 0.338 e. The summed E-state index contributed by atoms with van der Waals surface area (Å²) in [7, 11) is 0. The van der Waals surface area contributed by atoms with Crippen LogP contribution in [0.2, 0.25) is 5.02 Å². The van der Waals surface area contributed by atoms with Crippen molar-refractivity contribution in [2.24, 2.45) is 23.7 Å². The van der Waals surface area contributed by atoms with E-state index >= 15 is 0 Å². The third-order valence-electron chi connectivity index (χ3n) is 6.83. The Morgan fingerprint density at radius 1 is 1.03 bits per heavy atom. The number of nitrogens with zero attached hydrogens (tertiary/aromatic N) is 1. The van der Waals surface area contributed by atoms with Crippen molar-refractivity contribution < 1.29 is 23.9 Å². The highest BCUT2D eigenvalue weighted by Gasteiger charge is 2.61. The SMILES string of the molecule is O=C(COC(=O)c1ccc(N2C(=O)[C@@H]3[C@H]4CC[C@@H](C4)[C@@H]3C2=O)cc1)Nc1ccc(Br)cc1Cl. The fourth-order valence-corrected chi connectivity index (χ4v) is 6.12. The van der Waals surface area contributed by atoms with E-state index in [0.29, 0.717) is 28.2 Å². The maximum absolute atomic E-state index is 12.9. The zero-order valence-electron chi connectivity index (χ0n) is 17.4. The van der Waals surface area contributed by atoms with E-state index in [0.717, 1.165) is 23.7 Å². The van der Waals surface area contributed by atoms with Gasteiger partial charge in [0.05, 0.1) is 33.8 Å². The van der Waals surface area contributed by atoms with Gasteiger partial charge in [-0.15, -0.1) is 0 Å². The van der Waals surface area contributed by atoms with Crippen molar-refractivity contribution in [2.75, 3.05) is 16.8 Å². The minimum atomic E-state index is -0.687. The second-order valence-electron chi connectivity index (χ2n) is 8.69. The van der Waals surface area contributed by atoms with Gasteiger partial charge in [-0.1, -0.05) is 27.5 Å². The Bertz CT molecular complexity index is 1140. The molecular weight excluding hydrogens is 512 g/mol. The molecule has 1 N–H and O–H groups in total. The summed E-state index contributed by atoms with van der Waals surface area (Å²) in [5.41, 5.74) is 1.08. The summed E-state index contributed by atoms with van der Waals surface area (Å²) in [5, 5.41) is 2.93. The average Bonchev–Trinajstić information content (AvgIpc) is 3.48. The molecule has 4 atom stereocenters. The zero-order chi connectivity index (χ0) is 23.3. The first kappa shape index (κ1) is 22.1. The van der Waals surface area contributed by atoms with Crippen LogP contribution >= 0.6 is 27.5 Å². The Morgan fingerprint density at radius 3 is 2.27 bits per heavy atom. The van der Waals surface area contributed by atoms with E-state index in [1.165, 1.54) is 17.0 Å². The van der Waals surface area contributed by atoms with E-state index in [1.54, 1.807) is 30.3 Å². The normalized spacial score (nSPS) is 25.3. The molecule has 9 heteroatoms. The van der Waals surface area contributed by atoms with Crippen molar-refractivity contribution in [2.45, 2.75) is 19.3 Å². The maximum Gasteiger partial charge on any atom is 0.338 e. The van der Waals surface area contributed by atoms with Gasteiger partial charge in [0.15, 0.2) is 6.61 Å². The molecule has 0 spiro atoms. The maximum atomic E-state index is 12.9. The fourth-order valence-electron chi connectivity index (χ4n) is 5.40. The van der Waals surface area contributed by atoms with Crippen LogP contribution in [0.15, 0.2) is 46.9 Å². The van der Waals surface area contributed by atoms with Crippen molar-refractivity contribution in [3.8, 4) is 0 Å². The van der Waals surface area contributed by atoms with Crippen molar-refractivity contribution in [1.29, 1.82) is 0 Å². The molecule has 0 unspecified atom stereocenters. The van der Waals surface area contributed by atoms with Gasteiger partial charge in [0.2, 0.25) is 11.8 Å². The Balaban J connectivity index is 1.20. The number of anilines is 2. The highest BCUT2D eigenvalue weighted by atomic mass is 79.9. The summed E-state index contributed by atoms with van der Waals surface area (Å²) >= 11 is 9.35. The van der Waals surface area contributed by atoms with Crippen molar-refractivity contribution in [1.82, 2.24) is 0 Å². The van der Waals surface area contributed by atoms with Crippen molar-refractivity contribution in [3.05, 3.63) is 57.5 Å². The number of amides is 3. The van der Waals surface area contributed by atoms with Gasteiger partial charge in [0, 0.05) is 4.47 Å². The van der Waals surface area contributed by atoms with E-state index < -0.39 is 18.5 Å². The van der Waals surface area contributed by atoms with Gasteiger partial charge in [-0.25, -0.2) is 4.79 Å². The summed E-state index contributed by atoms with van der Waals surface area (Å²) in [5.74, 6) is -1.24. The topological polar surface area (TPSA) is 92.8 Å². The molecule has 3 fully saturated rings. The molecule has 3 aliphatic rings. The zero-order valence-corrected chi connectivity index (χ0v) is 19.8. The molecule has 2 saturated carbocycles. The number of esters is 1. The number of benzene rings is 2. The van der Waals surface area contributed by atoms with Crippen molar-refractivity contribution in [3.63, 3.8) is 0 Å². The number of ether oxygens (including phenoxy) is 1. The molecule has 0 aromatic heterocycles. The second kappa shape index (κ2) is 8.57. The molecule has 2 aliphatic carbocycles. The van der Waals surface area contributed by atoms with Gasteiger partial charge >= 0.3 is 5.97 Å². The minimum Gasteiger partial charge on any atom is -0.452 e. The molecule has 1 aliphatic heterocycles. The van der Waals surface area contributed by atoms with Crippen LogP contribution in [-0.2, 0) is 19.1 Å². The summed E-state index contributed by atoms with van der Waals surface area (Å²) in [6.45, 7) is -0.484. The third kappa shape index (κ3) is 3.95. The largest absolute Gasteiger partial charge is 0.452 e. The Hall–Kier alpha value is -2.71. The lowest BCUT2D eigenvalue weighted by molar-refractivity contribution is -0.123. The number of imide groups is 1. The first-order valence-corrected chi connectivity index (χ1v) is 11.9. The standard InChI is InChI=1S/C24H20BrClN2O5/c25-15-5-8-18(17(26)10-15)27-19(29)11-33-24(32)12-3-6-16(7-4-12)28-22(30)20-13-1-2-14(9-13)21(20)23(28)31/h3-8,10,13-14,20-21H,1-2,9,11H2,(H,27,29)/t13-,14-,20-,21+/m0/s1. The van der Waals surface area contributed by atoms with Crippen molar-refractivity contribution >= 4 is 62.6 Å². The Labute approximate surface area is 203 Å². The highest BCUT2D eigenvalue weighted by Crippen LogP contribution is 2.56. The quantitative estimate of drug-likeness (QED) is 0.455. The van der Waals surface area contributed by atoms with Crippen LogP contribution in [-0.4, -0.2) is 30.3 Å². The summed E-state index contributed by atoms with van der Waals surface area (Å²) in [4.78, 5) is 51.6. The van der Waals surface area contributed by atoms with E-state index in [9.17, 15) is 19.2 Å². The van der Waals surface area contributed by atoms with Crippen LogP contribution in [0.4, 0.5) is 11.4 Å². The first-order chi connectivity index (χ1) is 15.8. The Kier molecular flexibility index (Phi) is 5.74. The number of hydrogen-bond donors (Lipinski definition) is 1. The molecule has 2 aromatic rings. The highest BCUT2D eigenvalue weighted by molar-refractivity contribution is 9.10. The van der Waals surface area contributed by atoms with Gasteiger partial charge in [0.1, 0.15) is 0 Å². The molecular formula is C24H20BrClN2O5. The minimum absolute atomic E-state index is 0.129. The summed E-state index contributed by atoms with van der Waals surface area (Å²) < 4.78 is 5.85. The molecule has 170 valence electrons. The number of carbonyl (C=O) groups is 4. The molecule has 2 aromatic carbocycles. The van der Waals surface area contributed by atoms with Crippen LogP contribution in [0.5, 0.6) is 0 Å². The van der Waals surface area contributed by atoms with Crippen LogP contribution in [0.25, 0.3) is 0 Å². The third-order valence-corrected chi connectivity index (χ3v) is 7.63. The van der Waals surface area contributed by atoms with Gasteiger partial charge in [-0.3, -0.25) is 19.3 Å². The number of halogens is 2. The number of carbonyl (C=O) groups excluding carboxylic acids is 4. The monoisotopic (exact) mass is 530 g/mol. The van der Waals surface area contributed by atoms with E-state index in [2.05, 4.69) is 21.2 Å². The first-order valence-electron chi connectivity index (χ1n) is 10.7. The predicted octanol–water partition coefficient (Wildman–Crippen LogP) is 4.43. The molecule has 5 rings (SSSR count). The number of hydrogen-bond acceptors (Lipinski definition) is 5. The predicted molar refractivity (Wildman–Crippen MR) is 125 cm³/mol. The van der Waals surface area contributed by atoms with Gasteiger partial charge in [-0.2, -0.15) is 0 Å². The molecule has 3 amide bonds. The van der Waals surface area contributed by atoms with Crippen LogP contribution < -0.4 is 10.2 Å².